The lowest BCUT2D eigenvalue weighted by atomic mass is 10.2. The predicted molar refractivity (Wildman–Crippen MR) is 88.1 cm³/mol. The quantitative estimate of drug-likeness (QED) is 0.700. The highest BCUT2D eigenvalue weighted by Gasteiger charge is 2.33. The van der Waals surface area contributed by atoms with E-state index < -0.39 is 23.4 Å². The van der Waals surface area contributed by atoms with Gasteiger partial charge in [0.1, 0.15) is 41.1 Å². The summed E-state index contributed by atoms with van der Waals surface area (Å²) >= 11 is 0. The third-order valence-electron chi connectivity index (χ3n) is 3.51. The molecule has 0 bridgehead atoms. The van der Waals surface area contributed by atoms with Gasteiger partial charge in [0.05, 0.1) is 10.9 Å². The SMILES string of the molecule is CC(C)(C)OC(=O)Cn1c2ccc(C(F)(F)F)nc2c2c(N)ncnc21. The van der Waals surface area contributed by atoms with Crippen LogP contribution in [0.4, 0.5) is 19.0 Å². The fraction of sp³-hybridized carbons (Fsp3) is 0.375. The van der Waals surface area contributed by atoms with Crippen molar-refractivity contribution >= 4 is 33.9 Å². The molecular formula is C16H16F3N5O2. The number of hydrogen-bond donors (Lipinski definition) is 1. The van der Waals surface area contributed by atoms with Gasteiger partial charge < -0.3 is 15.0 Å². The third-order valence-corrected chi connectivity index (χ3v) is 3.51. The number of ether oxygens (including phenoxy) is 1. The Kier molecular flexibility index (Phi) is 4.01. The number of carbonyl (C=O) groups is 1. The van der Waals surface area contributed by atoms with Gasteiger partial charge >= 0.3 is 12.1 Å². The Bertz CT molecular complexity index is 1000. The van der Waals surface area contributed by atoms with Crippen LogP contribution in [0.2, 0.25) is 0 Å². The highest BCUT2D eigenvalue weighted by atomic mass is 19.4. The number of nitrogens with two attached hydrogens (primary N) is 1. The van der Waals surface area contributed by atoms with Crippen molar-refractivity contribution in [1.82, 2.24) is 19.5 Å². The highest BCUT2D eigenvalue weighted by Crippen LogP contribution is 2.34. The van der Waals surface area contributed by atoms with Crippen LogP contribution in [-0.4, -0.2) is 31.1 Å². The van der Waals surface area contributed by atoms with E-state index in [4.69, 9.17) is 10.5 Å². The van der Waals surface area contributed by atoms with Gasteiger partial charge in [0.25, 0.3) is 0 Å². The molecular weight excluding hydrogens is 351 g/mol. The smallest absolute Gasteiger partial charge is 0.433 e. The van der Waals surface area contributed by atoms with Crippen LogP contribution in [0.15, 0.2) is 18.5 Å². The van der Waals surface area contributed by atoms with E-state index in [1.807, 2.05) is 0 Å². The zero-order valence-corrected chi connectivity index (χ0v) is 14.3. The molecule has 0 radical (unpaired) electrons. The van der Waals surface area contributed by atoms with E-state index in [1.54, 1.807) is 20.8 Å². The maximum Gasteiger partial charge on any atom is 0.433 e. The number of pyridine rings is 1. The number of nitrogens with zero attached hydrogens (tertiary/aromatic N) is 4. The van der Waals surface area contributed by atoms with Crippen molar-refractivity contribution in [2.75, 3.05) is 5.73 Å². The second-order valence-electron chi connectivity index (χ2n) is 6.69. The van der Waals surface area contributed by atoms with E-state index in [-0.39, 0.29) is 34.4 Å². The van der Waals surface area contributed by atoms with Gasteiger partial charge in [0.15, 0.2) is 0 Å². The molecule has 0 aromatic carbocycles. The number of nitrogen functional groups attached to an aromatic ring is 1. The Morgan fingerprint density at radius 1 is 1.23 bits per heavy atom. The summed E-state index contributed by atoms with van der Waals surface area (Å²) in [6.45, 7) is 4.90. The Balaban J connectivity index is 2.22. The molecule has 0 unspecified atom stereocenters. The Labute approximate surface area is 146 Å². The van der Waals surface area contributed by atoms with Crippen molar-refractivity contribution in [1.29, 1.82) is 0 Å². The maximum absolute atomic E-state index is 13.0. The summed E-state index contributed by atoms with van der Waals surface area (Å²) in [4.78, 5) is 23.8. The average Bonchev–Trinajstić information content (AvgIpc) is 2.79. The molecule has 0 spiro atoms. The third kappa shape index (κ3) is 3.26. The first kappa shape index (κ1) is 17.9. The van der Waals surface area contributed by atoms with Crippen LogP contribution < -0.4 is 5.73 Å². The molecule has 0 atom stereocenters. The van der Waals surface area contributed by atoms with Gasteiger partial charge in [-0.2, -0.15) is 13.2 Å². The molecule has 2 N–H and O–H groups in total. The molecule has 3 rings (SSSR count). The van der Waals surface area contributed by atoms with E-state index in [9.17, 15) is 18.0 Å². The van der Waals surface area contributed by atoms with Crippen molar-refractivity contribution in [2.45, 2.75) is 39.1 Å². The molecule has 3 heterocycles. The van der Waals surface area contributed by atoms with Gasteiger partial charge in [-0.3, -0.25) is 4.79 Å². The minimum Gasteiger partial charge on any atom is -0.459 e. The fourth-order valence-electron chi connectivity index (χ4n) is 2.61. The topological polar surface area (TPSA) is 95.9 Å². The zero-order valence-electron chi connectivity index (χ0n) is 14.3. The predicted octanol–water partition coefficient (Wildman–Crippen LogP) is 2.92. The van der Waals surface area contributed by atoms with E-state index >= 15 is 0 Å². The Morgan fingerprint density at radius 3 is 2.54 bits per heavy atom. The normalized spacial score (nSPS) is 12.7. The van der Waals surface area contributed by atoms with Crippen molar-refractivity contribution in [2.24, 2.45) is 0 Å². The molecule has 26 heavy (non-hydrogen) atoms. The lowest BCUT2D eigenvalue weighted by Crippen LogP contribution is -2.26. The van der Waals surface area contributed by atoms with Crippen molar-refractivity contribution in [3.05, 3.63) is 24.2 Å². The summed E-state index contributed by atoms with van der Waals surface area (Å²) in [6, 6.07) is 2.08. The lowest BCUT2D eigenvalue weighted by Gasteiger charge is -2.20. The number of esters is 1. The first-order valence-electron chi connectivity index (χ1n) is 7.66. The van der Waals surface area contributed by atoms with Gasteiger partial charge in [0.2, 0.25) is 0 Å². The summed E-state index contributed by atoms with van der Waals surface area (Å²) < 4.78 is 45.7. The van der Waals surface area contributed by atoms with Gasteiger partial charge in [0, 0.05) is 0 Å². The number of alkyl halides is 3. The molecule has 0 aliphatic rings. The van der Waals surface area contributed by atoms with Gasteiger partial charge in [-0.15, -0.1) is 0 Å². The summed E-state index contributed by atoms with van der Waals surface area (Å²) in [6.07, 6.45) is -3.44. The van der Waals surface area contributed by atoms with Crippen molar-refractivity contribution < 1.29 is 22.7 Å². The number of aromatic nitrogens is 4. The standard InChI is InChI=1S/C16H16F3N5O2/c1-15(2,3)26-10(25)6-24-8-4-5-9(16(17,18)19)23-12(8)11-13(20)21-7-22-14(11)24/h4-5,7H,6H2,1-3H3,(H2,20,21,22). The summed E-state index contributed by atoms with van der Waals surface area (Å²) in [5.74, 6) is -0.580. The Morgan fingerprint density at radius 2 is 1.92 bits per heavy atom. The van der Waals surface area contributed by atoms with Crippen LogP contribution in [0.5, 0.6) is 0 Å². The van der Waals surface area contributed by atoms with Crippen LogP contribution in [-0.2, 0) is 22.3 Å². The van der Waals surface area contributed by atoms with Crippen molar-refractivity contribution in [3.63, 3.8) is 0 Å². The number of hydrogen-bond acceptors (Lipinski definition) is 6. The monoisotopic (exact) mass is 367 g/mol. The molecule has 7 nitrogen and oxygen atoms in total. The van der Waals surface area contributed by atoms with Crippen LogP contribution in [0.25, 0.3) is 22.1 Å². The van der Waals surface area contributed by atoms with Gasteiger partial charge in [-0.25, -0.2) is 15.0 Å². The minimum atomic E-state index is -4.61. The minimum absolute atomic E-state index is 0.0171. The summed E-state index contributed by atoms with van der Waals surface area (Å²) in [5.41, 5.74) is 4.54. The largest absolute Gasteiger partial charge is 0.459 e. The fourth-order valence-corrected chi connectivity index (χ4v) is 2.61. The number of anilines is 1. The van der Waals surface area contributed by atoms with Crippen LogP contribution >= 0.6 is 0 Å². The van der Waals surface area contributed by atoms with E-state index in [0.29, 0.717) is 0 Å². The number of fused-ring (bicyclic) bond motifs is 3. The maximum atomic E-state index is 13.0. The molecule has 0 aliphatic carbocycles. The first-order chi connectivity index (χ1) is 12.0. The molecule has 0 fully saturated rings. The van der Waals surface area contributed by atoms with E-state index in [1.165, 1.54) is 17.0 Å². The second kappa shape index (κ2) is 5.82. The van der Waals surface area contributed by atoms with E-state index in [0.717, 1.165) is 6.07 Å². The zero-order chi connectivity index (χ0) is 19.3. The van der Waals surface area contributed by atoms with Crippen molar-refractivity contribution in [3.8, 4) is 0 Å². The second-order valence-corrected chi connectivity index (χ2v) is 6.69. The molecule has 10 heteroatoms. The van der Waals surface area contributed by atoms with E-state index in [2.05, 4.69) is 15.0 Å². The summed E-state index contributed by atoms with van der Waals surface area (Å²) in [7, 11) is 0. The number of carbonyl (C=O) groups excluding carboxylic acids is 1. The molecule has 0 saturated carbocycles. The Hall–Kier alpha value is -2.91. The summed E-state index contributed by atoms with van der Waals surface area (Å²) in [5, 5.41) is 0.164. The molecule has 0 saturated heterocycles. The molecule has 0 aliphatic heterocycles. The molecule has 3 aromatic rings. The number of halogens is 3. The van der Waals surface area contributed by atoms with Gasteiger partial charge in [-0.05, 0) is 32.9 Å². The van der Waals surface area contributed by atoms with Gasteiger partial charge in [-0.1, -0.05) is 0 Å². The molecule has 3 aromatic heterocycles. The number of rotatable bonds is 2. The van der Waals surface area contributed by atoms with Crippen LogP contribution in [0.1, 0.15) is 26.5 Å². The van der Waals surface area contributed by atoms with Crippen LogP contribution in [0.3, 0.4) is 0 Å². The first-order valence-corrected chi connectivity index (χ1v) is 7.66. The van der Waals surface area contributed by atoms with Crippen LogP contribution in [0, 0.1) is 0 Å². The average molecular weight is 367 g/mol. The molecule has 0 amide bonds. The molecule has 138 valence electrons. The highest BCUT2D eigenvalue weighted by molar-refractivity contribution is 6.09. The lowest BCUT2D eigenvalue weighted by molar-refractivity contribution is -0.155.